The number of amides is 2. The van der Waals surface area contributed by atoms with E-state index in [4.69, 9.17) is 10.5 Å². The normalized spacial score (nSPS) is 16.6. The molecule has 0 radical (unpaired) electrons. The first kappa shape index (κ1) is 18.2. The van der Waals surface area contributed by atoms with Crippen LogP contribution < -0.4 is 21.2 Å². The Morgan fingerprint density at radius 1 is 1.46 bits per heavy atom. The number of nitrogens with zero attached hydrogens (tertiary/aromatic N) is 2. The molecule has 0 aliphatic carbocycles. The molecule has 0 saturated heterocycles. The first-order valence-electron chi connectivity index (χ1n) is 8.48. The molecule has 7 heteroatoms. The van der Waals surface area contributed by atoms with Crippen LogP contribution in [0.5, 0.6) is 5.75 Å². The number of nitrogens with one attached hydrogen (secondary N) is 2. The van der Waals surface area contributed by atoms with Crippen molar-refractivity contribution in [1.82, 2.24) is 15.8 Å². The number of benzene rings is 1. The molecule has 4 N–H and O–H groups in total. The highest BCUT2D eigenvalue weighted by molar-refractivity contribution is 5.81. The molecule has 132 valence electrons. The van der Waals surface area contributed by atoms with Crippen molar-refractivity contribution in [3.63, 3.8) is 0 Å². The zero-order chi connectivity index (χ0) is 17.2. The predicted octanol–water partition coefficient (Wildman–Crippen LogP) is 1.29. The molecule has 24 heavy (non-hydrogen) atoms. The number of nitrogens with two attached hydrogens (primary N) is 1. The summed E-state index contributed by atoms with van der Waals surface area (Å²) in [5.41, 5.74) is 9.46. The van der Waals surface area contributed by atoms with Gasteiger partial charge in [0.2, 0.25) is 0 Å². The summed E-state index contributed by atoms with van der Waals surface area (Å²) in [7, 11) is 0. The van der Waals surface area contributed by atoms with Crippen molar-refractivity contribution in [2.45, 2.75) is 32.3 Å². The summed E-state index contributed by atoms with van der Waals surface area (Å²) in [5.74, 6) is 1.02. The van der Waals surface area contributed by atoms with Crippen LogP contribution in [0.2, 0.25) is 0 Å². The number of primary amides is 1. The molecule has 0 saturated carbocycles. The van der Waals surface area contributed by atoms with Crippen molar-refractivity contribution in [3.8, 4) is 5.75 Å². The van der Waals surface area contributed by atoms with E-state index in [2.05, 4.69) is 27.9 Å². The summed E-state index contributed by atoms with van der Waals surface area (Å²) in [6.45, 7) is 5.23. The number of ether oxygens (including phenoxy) is 1. The van der Waals surface area contributed by atoms with E-state index >= 15 is 0 Å². The molecular weight excluding hydrogens is 306 g/mol. The zero-order valence-electron chi connectivity index (χ0n) is 14.2. The third-order valence-corrected chi connectivity index (χ3v) is 3.88. The minimum atomic E-state index is -0.689. The van der Waals surface area contributed by atoms with Gasteiger partial charge in [-0.2, -0.15) is 4.99 Å². The lowest BCUT2D eigenvalue weighted by Gasteiger charge is -2.26. The SMILES string of the molecule is CCN(C=NC(N)=O)NCCCNCC1CCc2ccccc2O1. The number of para-hydroxylation sites is 1. The lowest BCUT2D eigenvalue weighted by Crippen LogP contribution is -2.39. The Morgan fingerprint density at radius 2 is 2.29 bits per heavy atom. The summed E-state index contributed by atoms with van der Waals surface area (Å²) in [4.78, 5) is 14.1. The van der Waals surface area contributed by atoms with Gasteiger partial charge in [-0.25, -0.2) is 10.2 Å². The second-order valence-corrected chi connectivity index (χ2v) is 5.72. The van der Waals surface area contributed by atoms with Gasteiger partial charge in [-0.3, -0.25) is 5.01 Å². The van der Waals surface area contributed by atoms with Crippen LogP contribution in [0, 0.1) is 0 Å². The molecule has 0 aromatic heterocycles. The molecule has 1 aliphatic rings. The highest BCUT2D eigenvalue weighted by atomic mass is 16.5. The smallest absolute Gasteiger partial charge is 0.339 e. The molecule has 1 aromatic carbocycles. The van der Waals surface area contributed by atoms with Crippen LogP contribution in [-0.4, -0.2) is 49.7 Å². The maximum Gasteiger partial charge on any atom is 0.339 e. The third-order valence-electron chi connectivity index (χ3n) is 3.88. The van der Waals surface area contributed by atoms with Crippen molar-refractivity contribution in [2.75, 3.05) is 26.2 Å². The Balaban J connectivity index is 1.56. The second kappa shape index (κ2) is 9.89. The Bertz CT molecular complexity index is 550. The van der Waals surface area contributed by atoms with Gasteiger partial charge < -0.3 is 15.8 Å². The van der Waals surface area contributed by atoms with E-state index in [0.29, 0.717) is 6.54 Å². The summed E-state index contributed by atoms with van der Waals surface area (Å²) >= 11 is 0. The number of rotatable bonds is 9. The Labute approximate surface area is 143 Å². The predicted molar refractivity (Wildman–Crippen MR) is 95.1 cm³/mol. The van der Waals surface area contributed by atoms with Crippen LogP contribution in [0.25, 0.3) is 0 Å². The number of hydrazine groups is 1. The van der Waals surface area contributed by atoms with Crippen LogP contribution in [0.1, 0.15) is 25.3 Å². The molecule has 1 aromatic rings. The minimum Gasteiger partial charge on any atom is -0.489 e. The molecular formula is C17H27N5O2. The molecule has 0 bridgehead atoms. The molecule has 0 fully saturated rings. The minimum absolute atomic E-state index is 0.239. The number of aryl methyl sites for hydroxylation is 1. The molecule has 1 heterocycles. The van der Waals surface area contributed by atoms with E-state index in [1.807, 2.05) is 19.1 Å². The van der Waals surface area contributed by atoms with E-state index in [9.17, 15) is 4.79 Å². The average Bonchev–Trinajstić information content (AvgIpc) is 2.60. The topological polar surface area (TPSA) is 92.0 Å². The number of urea groups is 1. The van der Waals surface area contributed by atoms with E-state index < -0.39 is 6.03 Å². The number of carbonyl (C=O) groups is 1. The van der Waals surface area contributed by atoms with Crippen molar-refractivity contribution < 1.29 is 9.53 Å². The highest BCUT2D eigenvalue weighted by Gasteiger charge is 2.18. The first-order chi connectivity index (χ1) is 11.7. The monoisotopic (exact) mass is 333 g/mol. The van der Waals surface area contributed by atoms with Gasteiger partial charge in [-0.05, 0) is 44.4 Å². The molecule has 1 atom stereocenters. The highest BCUT2D eigenvalue weighted by Crippen LogP contribution is 2.26. The molecule has 1 unspecified atom stereocenters. The van der Waals surface area contributed by atoms with Crippen molar-refractivity contribution in [3.05, 3.63) is 29.8 Å². The third kappa shape index (κ3) is 6.17. The summed E-state index contributed by atoms with van der Waals surface area (Å²) < 4.78 is 6.00. The van der Waals surface area contributed by atoms with Crippen LogP contribution in [0.4, 0.5) is 4.79 Å². The van der Waals surface area contributed by atoms with Gasteiger partial charge >= 0.3 is 6.03 Å². The fraction of sp³-hybridized carbons (Fsp3) is 0.529. The van der Waals surface area contributed by atoms with E-state index in [-0.39, 0.29) is 6.10 Å². The van der Waals surface area contributed by atoms with Crippen molar-refractivity contribution in [2.24, 2.45) is 10.7 Å². The Morgan fingerprint density at radius 3 is 3.08 bits per heavy atom. The van der Waals surface area contributed by atoms with Gasteiger partial charge in [0.15, 0.2) is 0 Å². The molecule has 2 rings (SSSR count). The van der Waals surface area contributed by atoms with Crippen LogP contribution in [-0.2, 0) is 6.42 Å². The number of hydrogen-bond donors (Lipinski definition) is 3. The second-order valence-electron chi connectivity index (χ2n) is 5.72. The standard InChI is InChI=1S/C17H27N5O2/c1-2-22(13-20-17(18)23)21-11-5-10-19-12-15-9-8-14-6-3-4-7-16(14)24-15/h3-4,6-7,13,15,19,21H,2,5,8-12H2,1H3,(H2,18,23). The maximum atomic E-state index is 10.6. The zero-order valence-corrected chi connectivity index (χ0v) is 14.2. The fourth-order valence-electron chi connectivity index (χ4n) is 2.58. The summed E-state index contributed by atoms with van der Waals surface area (Å²) in [5, 5.41) is 5.18. The van der Waals surface area contributed by atoms with Gasteiger partial charge in [-0.15, -0.1) is 0 Å². The molecule has 1 aliphatic heterocycles. The van der Waals surface area contributed by atoms with Crippen LogP contribution in [0.3, 0.4) is 0 Å². The van der Waals surface area contributed by atoms with Crippen molar-refractivity contribution in [1.29, 1.82) is 0 Å². The fourth-order valence-corrected chi connectivity index (χ4v) is 2.58. The van der Waals surface area contributed by atoms with Gasteiger partial charge in [0.25, 0.3) is 0 Å². The lowest BCUT2D eigenvalue weighted by atomic mass is 10.0. The lowest BCUT2D eigenvalue weighted by molar-refractivity contribution is 0.170. The summed E-state index contributed by atoms with van der Waals surface area (Å²) in [6, 6.07) is 7.55. The van der Waals surface area contributed by atoms with E-state index in [0.717, 1.165) is 44.6 Å². The largest absolute Gasteiger partial charge is 0.489 e. The van der Waals surface area contributed by atoms with Crippen LogP contribution >= 0.6 is 0 Å². The molecule has 2 amide bonds. The molecule has 0 spiro atoms. The van der Waals surface area contributed by atoms with Crippen molar-refractivity contribution >= 4 is 12.4 Å². The Hall–Kier alpha value is -2.12. The summed E-state index contributed by atoms with van der Waals surface area (Å²) in [6.07, 6.45) is 4.75. The Kier molecular flexibility index (Phi) is 7.51. The van der Waals surface area contributed by atoms with Gasteiger partial charge in [-0.1, -0.05) is 18.2 Å². The van der Waals surface area contributed by atoms with Gasteiger partial charge in [0, 0.05) is 19.6 Å². The number of hydrogen-bond acceptors (Lipinski definition) is 4. The van der Waals surface area contributed by atoms with Crippen LogP contribution in [0.15, 0.2) is 29.3 Å². The van der Waals surface area contributed by atoms with Gasteiger partial charge in [0.1, 0.15) is 18.2 Å². The maximum absolute atomic E-state index is 10.6. The number of aliphatic imine (C=N–C) groups is 1. The number of carbonyl (C=O) groups excluding carboxylic acids is 1. The van der Waals surface area contributed by atoms with E-state index in [1.165, 1.54) is 11.9 Å². The van der Waals surface area contributed by atoms with Gasteiger partial charge in [0.05, 0.1) is 0 Å². The first-order valence-corrected chi connectivity index (χ1v) is 8.48. The quantitative estimate of drug-likeness (QED) is 0.274. The average molecular weight is 333 g/mol. The van der Waals surface area contributed by atoms with E-state index in [1.54, 1.807) is 5.01 Å². The number of fused-ring (bicyclic) bond motifs is 1. The molecule has 7 nitrogen and oxygen atoms in total.